The Morgan fingerprint density at radius 1 is 0.967 bits per heavy atom. The van der Waals surface area contributed by atoms with E-state index in [9.17, 15) is 5.11 Å². The molecule has 152 valence electrons. The molecule has 0 saturated heterocycles. The molecular weight excluding hydrogens is 380 g/mol. The van der Waals surface area contributed by atoms with Crippen LogP contribution in [0.25, 0.3) is 0 Å². The van der Waals surface area contributed by atoms with Gasteiger partial charge >= 0.3 is 0 Å². The predicted octanol–water partition coefficient (Wildman–Crippen LogP) is 4.65. The number of nitrogens with zero attached hydrogens (tertiary/aromatic N) is 2. The van der Waals surface area contributed by atoms with Gasteiger partial charge in [-0.05, 0) is 36.4 Å². The second-order valence-electron chi connectivity index (χ2n) is 7.29. The van der Waals surface area contributed by atoms with Crippen LogP contribution in [0, 0.1) is 0 Å². The van der Waals surface area contributed by atoms with Crippen LogP contribution in [0.3, 0.4) is 0 Å². The van der Waals surface area contributed by atoms with Gasteiger partial charge in [-0.1, -0.05) is 30.3 Å². The van der Waals surface area contributed by atoms with Gasteiger partial charge in [0.2, 0.25) is 6.23 Å². The minimum absolute atomic E-state index is 0.0163. The highest BCUT2D eigenvalue weighted by Gasteiger charge is 2.41. The molecule has 6 heteroatoms. The van der Waals surface area contributed by atoms with Crippen molar-refractivity contribution >= 4 is 5.71 Å². The Morgan fingerprint density at radius 3 is 2.53 bits per heavy atom. The summed E-state index contributed by atoms with van der Waals surface area (Å²) in [7, 11) is 3.23. The summed E-state index contributed by atoms with van der Waals surface area (Å²) in [6.07, 6.45) is 0.259. The van der Waals surface area contributed by atoms with Crippen LogP contribution in [0.5, 0.6) is 23.0 Å². The van der Waals surface area contributed by atoms with Crippen LogP contribution in [0.2, 0.25) is 0 Å². The molecule has 2 aliphatic rings. The van der Waals surface area contributed by atoms with E-state index in [1.807, 2.05) is 59.6 Å². The van der Waals surface area contributed by atoms with Crippen molar-refractivity contribution in [1.29, 1.82) is 0 Å². The molecule has 1 N–H and O–H groups in total. The number of hydrogen-bond acceptors (Lipinski definition) is 6. The molecule has 2 atom stereocenters. The number of rotatable bonds is 4. The highest BCUT2D eigenvalue weighted by Crippen LogP contribution is 2.48. The lowest BCUT2D eigenvalue weighted by Crippen LogP contribution is -2.33. The lowest BCUT2D eigenvalue weighted by atomic mass is 9.95. The highest BCUT2D eigenvalue weighted by atomic mass is 16.5. The molecule has 6 nitrogen and oxygen atoms in total. The van der Waals surface area contributed by atoms with Gasteiger partial charge in [0.05, 0.1) is 26.0 Å². The first-order chi connectivity index (χ1) is 14.7. The second-order valence-corrected chi connectivity index (χ2v) is 7.29. The zero-order valence-corrected chi connectivity index (χ0v) is 16.8. The molecule has 2 heterocycles. The SMILES string of the molecule is COc1ccc([C@@H]2Oc3ccccc3[C@H]3CC(c4ccccc4O)=NN32)cc1OC. The first-order valence-electron chi connectivity index (χ1n) is 9.81. The molecule has 0 saturated carbocycles. The van der Waals surface area contributed by atoms with E-state index < -0.39 is 6.23 Å². The van der Waals surface area contributed by atoms with Gasteiger partial charge in [0.1, 0.15) is 11.5 Å². The number of phenols is 1. The maximum Gasteiger partial charge on any atom is 0.214 e. The number of methoxy groups -OCH3 is 2. The number of phenolic OH excluding ortho intramolecular Hbond substituents is 1. The molecule has 2 aliphatic heterocycles. The van der Waals surface area contributed by atoms with Gasteiger partial charge in [-0.15, -0.1) is 0 Å². The number of benzene rings is 3. The van der Waals surface area contributed by atoms with E-state index in [1.54, 1.807) is 20.3 Å². The lowest BCUT2D eigenvalue weighted by molar-refractivity contribution is -0.0191. The number of aromatic hydroxyl groups is 1. The molecule has 0 spiro atoms. The topological polar surface area (TPSA) is 63.5 Å². The quantitative estimate of drug-likeness (QED) is 0.688. The van der Waals surface area contributed by atoms with Crippen molar-refractivity contribution in [2.24, 2.45) is 5.10 Å². The highest BCUT2D eigenvalue weighted by molar-refractivity contribution is 6.04. The summed E-state index contributed by atoms with van der Waals surface area (Å²) in [6, 6.07) is 21.1. The third-order valence-corrected chi connectivity index (χ3v) is 5.61. The van der Waals surface area contributed by atoms with Gasteiger partial charge in [0.25, 0.3) is 0 Å². The monoisotopic (exact) mass is 402 g/mol. The van der Waals surface area contributed by atoms with Crippen molar-refractivity contribution in [3.05, 3.63) is 83.4 Å². The van der Waals surface area contributed by atoms with E-state index in [1.165, 1.54) is 0 Å². The molecule has 3 aromatic carbocycles. The fraction of sp³-hybridized carbons (Fsp3) is 0.208. The van der Waals surface area contributed by atoms with E-state index in [0.717, 1.165) is 28.2 Å². The molecule has 5 rings (SSSR count). The molecule has 0 fully saturated rings. The molecule has 0 aromatic heterocycles. The van der Waals surface area contributed by atoms with E-state index in [0.29, 0.717) is 17.9 Å². The Kier molecular flexibility index (Phi) is 4.47. The largest absolute Gasteiger partial charge is 0.507 e. The number of hydrogen-bond donors (Lipinski definition) is 1. The minimum Gasteiger partial charge on any atom is -0.507 e. The third-order valence-electron chi connectivity index (χ3n) is 5.61. The van der Waals surface area contributed by atoms with Crippen LogP contribution in [0.15, 0.2) is 71.8 Å². The van der Waals surface area contributed by atoms with E-state index in [4.69, 9.17) is 19.3 Å². The van der Waals surface area contributed by atoms with E-state index in [2.05, 4.69) is 6.07 Å². The van der Waals surface area contributed by atoms with Crippen LogP contribution in [-0.2, 0) is 0 Å². The van der Waals surface area contributed by atoms with Crippen LogP contribution in [0.1, 0.15) is 35.4 Å². The van der Waals surface area contributed by atoms with Gasteiger partial charge in [-0.25, -0.2) is 5.01 Å². The molecular formula is C24H22N2O4. The van der Waals surface area contributed by atoms with E-state index >= 15 is 0 Å². The summed E-state index contributed by atoms with van der Waals surface area (Å²) in [5.41, 5.74) is 3.58. The molecule has 0 bridgehead atoms. The van der Waals surface area contributed by atoms with Crippen molar-refractivity contribution in [2.45, 2.75) is 18.7 Å². The van der Waals surface area contributed by atoms with Gasteiger partial charge in [-0.2, -0.15) is 5.10 Å². The number of hydrazone groups is 1. The standard InChI is InChI=1S/C24H22N2O4/c1-28-22-12-11-15(13-23(22)29-2)24-26-19(17-8-4-6-10-21(17)30-24)14-18(25-26)16-7-3-5-9-20(16)27/h3-13,19,24,27H,14H2,1-2H3/t19-,24+/m1/s1. The Morgan fingerprint density at radius 2 is 1.73 bits per heavy atom. The Labute approximate surface area is 174 Å². The first-order valence-corrected chi connectivity index (χ1v) is 9.81. The zero-order chi connectivity index (χ0) is 20.7. The van der Waals surface area contributed by atoms with Crippen LogP contribution < -0.4 is 14.2 Å². The summed E-state index contributed by atoms with van der Waals surface area (Å²) < 4.78 is 17.2. The summed E-state index contributed by atoms with van der Waals surface area (Å²) >= 11 is 0. The maximum atomic E-state index is 10.3. The molecule has 0 radical (unpaired) electrons. The van der Waals surface area contributed by atoms with Crippen molar-refractivity contribution in [2.75, 3.05) is 14.2 Å². The summed E-state index contributed by atoms with van der Waals surface area (Å²) in [4.78, 5) is 0. The maximum absolute atomic E-state index is 10.3. The average Bonchev–Trinajstić information content (AvgIpc) is 3.24. The van der Waals surface area contributed by atoms with Crippen LogP contribution in [0.4, 0.5) is 0 Å². The summed E-state index contributed by atoms with van der Waals surface area (Å²) in [6.45, 7) is 0. The Bertz CT molecular complexity index is 1130. The van der Waals surface area contributed by atoms with Crippen molar-refractivity contribution in [1.82, 2.24) is 5.01 Å². The normalized spacial score (nSPS) is 19.4. The molecule has 0 unspecified atom stereocenters. The Balaban J connectivity index is 1.60. The smallest absolute Gasteiger partial charge is 0.214 e. The fourth-order valence-corrected chi connectivity index (χ4v) is 4.14. The second kappa shape index (κ2) is 7.30. The van der Waals surface area contributed by atoms with Crippen LogP contribution >= 0.6 is 0 Å². The Hall–Kier alpha value is -3.67. The number of fused-ring (bicyclic) bond motifs is 3. The molecule has 30 heavy (non-hydrogen) atoms. The predicted molar refractivity (Wildman–Crippen MR) is 113 cm³/mol. The van der Waals surface area contributed by atoms with Crippen molar-refractivity contribution in [3.63, 3.8) is 0 Å². The van der Waals surface area contributed by atoms with Gasteiger partial charge in [-0.3, -0.25) is 0 Å². The van der Waals surface area contributed by atoms with Crippen LogP contribution in [-0.4, -0.2) is 30.0 Å². The first kappa shape index (κ1) is 18.4. The van der Waals surface area contributed by atoms with E-state index in [-0.39, 0.29) is 11.8 Å². The van der Waals surface area contributed by atoms with Gasteiger partial charge in [0.15, 0.2) is 11.5 Å². The zero-order valence-electron chi connectivity index (χ0n) is 16.8. The molecule has 0 amide bonds. The summed E-state index contributed by atoms with van der Waals surface area (Å²) in [5.74, 6) is 2.37. The van der Waals surface area contributed by atoms with Crippen molar-refractivity contribution < 1.29 is 19.3 Å². The lowest BCUT2D eigenvalue weighted by Gasteiger charge is -2.38. The van der Waals surface area contributed by atoms with Gasteiger partial charge in [0, 0.05) is 23.1 Å². The fourth-order valence-electron chi connectivity index (χ4n) is 4.14. The number of para-hydroxylation sites is 2. The number of ether oxygens (including phenoxy) is 3. The average molecular weight is 402 g/mol. The summed E-state index contributed by atoms with van der Waals surface area (Å²) in [5, 5.41) is 17.2. The van der Waals surface area contributed by atoms with Crippen molar-refractivity contribution in [3.8, 4) is 23.0 Å². The minimum atomic E-state index is -0.423. The molecule has 0 aliphatic carbocycles. The van der Waals surface area contributed by atoms with Gasteiger partial charge < -0.3 is 19.3 Å². The third kappa shape index (κ3) is 2.92. The molecule has 3 aromatic rings.